The molecular formula is C17H28N2O. The zero-order valence-electron chi connectivity index (χ0n) is 13.0. The number of rotatable bonds is 8. The fraction of sp³-hybridized carbons (Fsp3) is 0.588. The Morgan fingerprint density at radius 3 is 2.45 bits per heavy atom. The summed E-state index contributed by atoms with van der Waals surface area (Å²) in [6.45, 7) is 6.96. The molecule has 20 heavy (non-hydrogen) atoms. The fourth-order valence-corrected chi connectivity index (χ4v) is 2.38. The molecule has 0 fully saturated rings. The van der Waals surface area contributed by atoms with Gasteiger partial charge in [0.05, 0.1) is 6.04 Å². The van der Waals surface area contributed by atoms with Gasteiger partial charge in [-0.2, -0.15) is 0 Å². The highest BCUT2D eigenvalue weighted by Crippen LogP contribution is 2.16. The number of nitrogens with two attached hydrogens (primary N) is 1. The molecule has 1 aromatic rings. The van der Waals surface area contributed by atoms with Crippen molar-refractivity contribution in [2.24, 2.45) is 11.7 Å². The zero-order valence-corrected chi connectivity index (χ0v) is 13.0. The monoisotopic (exact) mass is 276 g/mol. The zero-order chi connectivity index (χ0) is 15.0. The van der Waals surface area contributed by atoms with Crippen molar-refractivity contribution in [3.05, 3.63) is 35.4 Å². The van der Waals surface area contributed by atoms with Crippen LogP contribution in [0.1, 0.15) is 56.7 Å². The number of carbonyl (C=O) groups is 1. The Kier molecular flexibility index (Phi) is 7.31. The van der Waals surface area contributed by atoms with E-state index in [-0.39, 0.29) is 11.9 Å². The summed E-state index contributed by atoms with van der Waals surface area (Å²) in [4.78, 5) is 12.0. The van der Waals surface area contributed by atoms with Crippen molar-refractivity contribution >= 4 is 5.91 Å². The summed E-state index contributed by atoms with van der Waals surface area (Å²) >= 11 is 0. The standard InChI is InChI=1S/C17H28N2O/c1-4-15(11-12-18)7-10-17(20)19-14(3)16-8-5-13(2)6-9-16/h5-6,8-9,14-15H,4,7,10-12,18H2,1-3H3,(H,19,20)/t14-,15?/m1/s1. The normalized spacial score (nSPS) is 13.8. The van der Waals surface area contributed by atoms with E-state index < -0.39 is 0 Å². The van der Waals surface area contributed by atoms with Crippen LogP contribution in [-0.4, -0.2) is 12.5 Å². The number of nitrogens with one attached hydrogen (secondary N) is 1. The van der Waals surface area contributed by atoms with E-state index in [0.29, 0.717) is 18.9 Å². The van der Waals surface area contributed by atoms with Crippen LogP contribution >= 0.6 is 0 Å². The second-order valence-electron chi connectivity index (χ2n) is 5.59. The van der Waals surface area contributed by atoms with Gasteiger partial charge in [-0.15, -0.1) is 0 Å². The van der Waals surface area contributed by atoms with Crippen molar-refractivity contribution in [3.63, 3.8) is 0 Å². The summed E-state index contributed by atoms with van der Waals surface area (Å²) in [5.41, 5.74) is 7.97. The average Bonchev–Trinajstić information content (AvgIpc) is 2.44. The predicted molar refractivity (Wildman–Crippen MR) is 84.4 cm³/mol. The van der Waals surface area contributed by atoms with Crippen LogP contribution in [0.5, 0.6) is 0 Å². The molecule has 3 nitrogen and oxygen atoms in total. The maximum Gasteiger partial charge on any atom is 0.220 e. The van der Waals surface area contributed by atoms with Crippen molar-refractivity contribution in [2.45, 2.75) is 52.5 Å². The number of carbonyl (C=O) groups excluding carboxylic acids is 1. The van der Waals surface area contributed by atoms with Crippen LogP contribution in [0.3, 0.4) is 0 Å². The SMILES string of the molecule is CCC(CCN)CCC(=O)N[C@H](C)c1ccc(C)cc1. The van der Waals surface area contributed by atoms with Gasteiger partial charge in [0.25, 0.3) is 0 Å². The largest absolute Gasteiger partial charge is 0.350 e. The average molecular weight is 276 g/mol. The quantitative estimate of drug-likeness (QED) is 0.765. The predicted octanol–water partition coefficient (Wildman–Crippen LogP) is 3.33. The molecule has 2 atom stereocenters. The first-order chi connectivity index (χ1) is 9.56. The van der Waals surface area contributed by atoms with Crippen LogP contribution in [-0.2, 0) is 4.79 Å². The van der Waals surface area contributed by atoms with E-state index in [1.54, 1.807) is 0 Å². The second kappa shape index (κ2) is 8.75. The fourth-order valence-electron chi connectivity index (χ4n) is 2.38. The van der Waals surface area contributed by atoms with E-state index in [1.165, 1.54) is 5.56 Å². The third kappa shape index (κ3) is 5.74. The van der Waals surface area contributed by atoms with E-state index in [4.69, 9.17) is 5.73 Å². The van der Waals surface area contributed by atoms with Gasteiger partial charge in [0.15, 0.2) is 0 Å². The minimum atomic E-state index is 0.0673. The Morgan fingerprint density at radius 2 is 1.90 bits per heavy atom. The van der Waals surface area contributed by atoms with Gasteiger partial charge in [0.2, 0.25) is 5.91 Å². The van der Waals surface area contributed by atoms with Gasteiger partial charge in [0, 0.05) is 6.42 Å². The molecule has 0 saturated heterocycles. The molecule has 1 unspecified atom stereocenters. The smallest absolute Gasteiger partial charge is 0.220 e. The van der Waals surface area contributed by atoms with Crippen LogP contribution in [0.25, 0.3) is 0 Å². The van der Waals surface area contributed by atoms with Gasteiger partial charge >= 0.3 is 0 Å². The van der Waals surface area contributed by atoms with Crippen molar-refractivity contribution in [3.8, 4) is 0 Å². The Balaban J connectivity index is 2.39. The first-order valence-electron chi connectivity index (χ1n) is 7.62. The van der Waals surface area contributed by atoms with Crippen LogP contribution in [0.15, 0.2) is 24.3 Å². The second-order valence-corrected chi connectivity index (χ2v) is 5.59. The molecule has 0 aliphatic carbocycles. The number of benzene rings is 1. The molecule has 0 heterocycles. The molecule has 0 radical (unpaired) electrons. The molecule has 3 heteroatoms. The summed E-state index contributed by atoms with van der Waals surface area (Å²) in [6.07, 6.45) is 3.63. The van der Waals surface area contributed by atoms with E-state index in [2.05, 4.69) is 43.4 Å². The minimum Gasteiger partial charge on any atom is -0.350 e. The molecule has 0 aliphatic rings. The molecule has 0 bridgehead atoms. The highest BCUT2D eigenvalue weighted by molar-refractivity contribution is 5.76. The van der Waals surface area contributed by atoms with Gasteiger partial charge in [-0.3, -0.25) is 4.79 Å². The van der Waals surface area contributed by atoms with Crippen LogP contribution in [0, 0.1) is 12.8 Å². The molecule has 0 aromatic heterocycles. The summed E-state index contributed by atoms with van der Waals surface area (Å²) in [5, 5.41) is 3.07. The van der Waals surface area contributed by atoms with Gasteiger partial charge < -0.3 is 11.1 Å². The number of amides is 1. The number of aryl methyl sites for hydroxylation is 1. The maximum atomic E-state index is 12.0. The first kappa shape index (κ1) is 16.7. The lowest BCUT2D eigenvalue weighted by Crippen LogP contribution is -2.27. The van der Waals surface area contributed by atoms with Crippen LogP contribution < -0.4 is 11.1 Å². The minimum absolute atomic E-state index is 0.0673. The van der Waals surface area contributed by atoms with Gasteiger partial charge in [-0.05, 0) is 44.7 Å². The maximum absolute atomic E-state index is 12.0. The summed E-state index contributed by atoms with van der Waals surface area (Å²) in [5.74, 6) is 0.703. The molecule has 1 amide bonds. The Labute approximate surface area is 122 Å². The van der Waals surface area contributed by atoms with Gasteiger partial charge in [-0.25, -0.2) is 0 Å². The lowest BCUT2D eigenvalue weighted by molar-refractivity contribution is -0.122. The number of hydrogen-bond acceptors (Lipinski definition) is 2. The van der Waals surface area contributed by atoms with Crippen molar-refractivity contribution in [1.82, 2.24) is 5.32 Å². The molecule has 0 spiro atoms. The highest BCUT2D eigenvalue weighted by atomic mass is 16.1. The van der Waals surface area contributed by atoms with Crippen molar-refractivity contribution in [1.29, 1.82) is 0 Å². The lowest BCUT2D eigenvalue weighted by atomic mass is 9.96. The van der Waals surface area contributed by atoms with Gasteiger partial charge in [-0.1, -0.05) is 43.2 Å². The van der Waals surface area contributed by atoms with E-state index in [0.717, 1.165) is 24.8 Å². The topological polar surface area (TPSA) is 55.1 Å². The molecule has 0 aliphatic heterocycles. The van der Waals surface area contributed by atoms with Gasteiger partial charge in [0.1, 0.15) is 0 Å². The molecule has 0 saturated carbocycles. The van der Waals surface area contributed by atoms with Crippen LogP contribution in [0.2, 0.25) is 0 Å². The third-order valence-electron chi connectivity index (χ3n) is 3.89. The number of hydrogen-bond donors (Lipinski definition) is 2. The Bertz CT molecular complexity index is 400. The molecular weight excluding hydrogens is 248 g/mol. The summed E-state index contributed by atoms with van der Waals surface area (Å²) < 4.78 is 0. The first-order valence-corrected chi connectivity index (χ1v) is 7.62. The van der Waals surface area contributed by atoms with Crippen LogP contribution in [0.4, 0.5) is 0 Å². The lowest BCUT2D eigenvalue weighted by Gasteiger charge is -2.17. The Hall–Kier alpha value is -1.35. The Morgan fingerprint density at radius 1 is 1.25 bits per heavy atom. The highest BCUT2D eigenvalue weighted by Gasteiger charge is 2.12. The van der Waals surface area contributed by atoms with E-state index in [9.17, 15) is 4.79 Å². The molecule has 112 valence electrons. The van der Waals surface area contributed by atoms with Crippen molar-refractivity contribution in [2.75, 3.05) is 6.54 Å². The summed E-state index contributed by atoms with van der Waals surface area (Å²) in [7, 11) is 0. The molecule has 1 rings (SSSR count). The van der Waals surface area contributed by atoms with E-state index in [1.807, 2.05) is 6.92 Å². The summed E-state index contributed by atoms with van der Waals surface area (Å²) in [6, 6.07) is 8.36. The van der Waals surface area contributed by atoms with E-state index >= 15 is 0 Å². The molecule has 3 N–H and O–H groups in total. The van der Waals surface area contributed by atoms with Crippen molar-refractivity contribution < 1.29 is 4.79 Å². The molecule has 1 aromatic carbocycles. The third-order valence-corrected chi connectivity index (χ3v) is 3.89.